The number of ether oxygens (including phenoxy) is 2. The molecule has 3 rings (SSSR count). The van der Waals surface area contributed by atoms with Crippen molar-refractivity contribution in [3.8, 4) is 17.0 Å². The van der Waals surface area contributed by atoms with Gasteiger partial charge in [-0.3, -0.25) is 14.6 Å². The quantitative estimate of drug-likeness (QED) is 0.394. The molecule has 0 atom stereocenters. The van der Waals surface area contributed by atoms with Crippen LogP contribution in [-0.4, -0.2) is 53.1 Å². The number of thiazole rings is 1. The van der Waals surface area contributed by atoms with Gasteiger partial charge in [0.2, 0.25) is 5.91 Å². The zero-order valence-corrected chi connectivity index (χ0v) is 19.9. The van der Waals surface area contributed by atoms with Gasteiger partial charge in [-0.25, -0.2) is 0 Å². The van der Waals surface area contributed by atoms with Crippen molar-refractivity contribution in [2.45, 2.75) is 25.9 Å². The molecule has 0 aliphatic rings. The number of methoxy groups -OCH3 is 1. The number of aliphatic hydroxyl groups is 1. The molecule has 2 aromatic heterocycles. The van der Waals surface area contributed by atoms with E-state index in [9.17, 15) is 27.9 Å². The average molecular weight is 525 g/mol. The first-order valence-electron chi connectivity index (χ1n) is 10.6. The van der Waals surface area contributed by atoms with Gasteiger partial charge in [0, 0.05) is 38.0 Å². The van der Waals surface area contributed by atoms with Crippen LogP contribution in [0.25, 0.3) is 11.3 Å². The highest BCUT2D eigenvalue weighted by Gasteiger charge is 2.31. The molecular formula is C23H23F3N4O5S. The van der Waals surface area contributed by atoms with E-state index in [-0.39, 0.29) is 30.4 Å². The Kier molecular flexibility index (Phi) is 9.33. The topological polar surface area (TPSA) is 115 Å². The number of halogens is 3. The van der Waals surface area contributed by atoms with Gasteiger partial charge in [-0.1, -0.05) is 0 Å². The Bertz CT molecular complexity index is 1260. The molecule has 0 fully saturated rings. The van der Waals surface area contributed by atoms with Crippen molar-refractivity contribution < 1.29 is 37.3 Å². The number of nitrogens with zero attached hydrogens (tertiary/aromatic N) is 3. The number of nitrogens with one attached hydrogen (secondary N) is 1. The fourth-order valence-electron chi connectivity index (χ4n) is 3.18. The van der Waals surface area contributed by atoms with Crippen LogP contribution in [0, 0.1) is 0 Å². The van der Waals surface area contributed by atoms with E-state index in [1.165, 1.54) is 61.2 Å². The number of alkyl halides is 3. The lowest BCUT2D eigenvalue weighted by Crippen LogP contribution is -2.29. The standard InChI is InChI=1S/C23H23F3N4O5S/c1-34-13-20(32)28-7-2-8-30-19(16-3-5-18(6-4-16)35-23(24,25)26)14-36-22(30)29-21(33)17-9-15(12-31)10-27-11-17/h3-6,9-11,14,31H,2,7-8,12-13H2,1H3,(H,28,32). The summed E-state index contributed by atoms with van der Waals surface area (Å²) in [7, 11) is 1.41. The maximum Gasteiger partial charge on any atom is 0.573 e. The minimum absolute atomic E-state index is 0.0702. The zero-order chi connectivity index (χ0) is 26.1. The number of carbonyl (C=O) groups excluding carboxylic acids is 2. The molecule has 0 aliphatic heterocycles. The molecule has 3 aromatic rings. The van der Waals surface area contributed by atoms with Crippen LogP contribution in [0.2, 0.25) is 0 Å². The maximum atomic E-state index is 12.8. The molecule has 36 heavy (non-hydrogen) atoms. The van der Waals surface area contributed by atoms with E-state index in [0.29, 0.717) is 41.1 Å². The Morgan fingerprint density at radius 2 is 1.97 bits per heavy atom. The maximum absolute atomic E-state index is 12.8. The number of amides is 2. The SMILES string of the molecule is COCC(=O)NCCCn1c(-c2ccc(OC(F)(F)F)cc2)csc1=NC(=O)c1cncc(CO)c1. The van der Waals surface area contributed by atoms with Crippen molar-refractivity contribution in [2.75, 3.05) is 20.3 Å². The highest BCUT2D eigenvalue weighted by atomic mass is 32.1. The smallest absolute Gasteiger partial charge is 0.406 e. The van der Waals surface area contributed by atoms with Gasteiger partial charge in [0.25, 0.3) is 5.91 Å². The molecule has 2 heterocycles. The molecule has 0 saturated heterocycles. The van der Waals surface area contributed by atoms with Crippen LogP contribution in [0.4, 0.5) is 13.2 Å². The van der Waals surface area contributed by atoms with Crippen LogP contribution in [0.1, 0.15) is 22.3 Å². The second-order valence-electron chi connectivity index (χ2n) is 7.42. The van der Waals surface area contributed by atoms with Gasteiger partial charge in [-0.2, -0.15) is 4.99 Å². The van der Waals surface area contributed by atoms with Crippen molar-refractivity contribution in [1.82, 2.24) is 14.9 Å². The lowest BCUT2D eigenvalue weighted by Gasteiger charge is -2.12. The first-order chi connectivity index (χ1) is 17.2. The summed E-state index contributed by atoms with van der Waals surface area (Å²) in [4.78, 5) is 32.9. The van der Waals surface area contributed by atoms with Crippen LogP contribution in [0.5, 0.6) is 5.75 Å². The Balaban J connectivity index is 1.90. The number of rotatable bonds is 10. The van der Waals surface area contributed by atoms with Crippen LogP contribution < -0.4 is 14.9 Å². The first kappa shape index (κ1) is 27.0. The Hall–Kier alpha value is -3.55. The molecule has 2 amide bonds. The van der Waals surface area contributed by atoms with Crippen LogP contribution in [0.3, 0.4) is 0 Å². The van der Waals surface area contributed by atoms with Gasteiger partial charge in [-0.15, -0.1) is 24.5 Å². The third-order valence-electron chi connectivity index (χ3n) is 4.76. The number of hydrogen-bond donors (Lipinski definition) is 2. The molecule has 0 spiro atoms. The Morgan fingerprint density at radius 1 is 1.22 bits per heavy atom. The van der Waals surface area contributed by atoms with E-state index in [1.807, 2.05) is 0 Å². The van der Waals surface area contributed by atoms with Crippen molar-refractivity contribution in [3.05, 3.63) is 64.0 Å². The number of aromatic nitrogens is 2. The van der Waals surface area contributed by atoms with E-state index in [4.69, 9.17) is 4.74 Å². The third kappa shape index (κ3) is 7.73. The summed E-state index contributed by atoms with van der Waals surface area (Å²) in [6, 6.07) is 6.83. The molecule has 9 nitrogen and oxygen atoms in total. The minimum atomic E-state index is -4.80. The van der Waals surface area contributed by atoms with Gasteiger partial charge in [0.15, 0.2) is 4.80 Å². The largest absolute Gasteiger partial charge is 0.573 e. The van der Waals surface area contributed by atoms with Crippen molar-refractivity contribution in [3.63, 3.8) is 0 Å². The normalized spacial score (nSPS) is 12.0. The predicted octanol–water partition coefficient (Wildman–Crippen LogP) is 2.90. The van der Waals surface area contributed by atoms with Crippen LogP contribution in [-0.2, 0) is 22.7 Å². The molecule has 0 saturated carbocycles. The number of hydrogen-bond acceptors (Lipinski definition) is 7. The average Bonchev–Trinajstić information content (AvgIpc) is 3.23. The van der Waals surface area contributed by atoms with E-state index < -0.39 is 12.3 Å². The van der Waals surface area contributed by atoms with Gasteiger partial charge < -0.3 is 24.5 Å². The van der Waals surface area contributed by atoms with Gasteiger partial charge in [0.1, 0.15) is 12.4 Å². The number of carbonyl (C=O) groups is 2. The van der Waals surface area contributed by atoms with Gasteiger partial charge in [-0.05, 0) is 47.9 Å². The monoisotopic (exact) mass is 524 g/mol. The summed E-state index contributed by atoms with van der Waals surface area (Å²) >= 11 is 1.18. The lowest BCUT2D eigenvalue weighted by molar-refractivity contribution is -0.274. The van der Waals surface area contributed by atoms with E-state index in [2.05, 4.69) is 20.0 Å². The van der Waals surface area contributed by atoms with Gasteiger partial charge >= 0.3 is 6.36 Å². The molecule has 0 bridgehead atoms. The molecule has 13 heteroatoms. The van der Waals surface area contributed by atoms with E-state index in [0.717, 1.165) is 0 Å². The Labute approximate surface area is 207 Å². The number of pyridine rings is 1. The molecule has 0 radical (unpaired) electrons. The second-order valence-corrected chi connectivity index (χ2v) is 8.26. The van der Waals surface area contributed by atoms with Crippen molar-refractivity contribution in [2.24, 2.45) is 4.99 Å². The summed E-state index contributed by atoms with van der Waals surface area (Å²) in [5, 5.41) is 13.7. The zero-order valence-electron chi connectivity index (χ0n) is 19.1. The molecular weight excluding hydrogens is 501 g/mol. The fraction of sp³-hybridized carbons (Fsp3) is 0.304. The number of benzene rings is 1. The van der Waals surface area contributed by atoms with Crippen molar-refractivity contribution >= 4 is 23.2 Å². The van der Waals surface area contributed by atoms with Gasteiger partial charge in [0.05, 0.1) is 17.9 Å². The molecule has 0 aliphatic carbocycles. The predicted molar refractivity (Wildman–Crippen MR) is 124 cm³/mol. The molecule has 192 valence electrons. The molecule has 0 unspecified atom stereocenters. The summed E-state index contributed by atoms with van der Waals surface area (Å²) in [6.45, 7) is 0.339. The highest BCUT2D eigenvalue weighted by Crippen LogP contribution is 2.27. The summed E-state index contributed by atoms with van der Waals surface area (Å²) in [6.07, 6.45) is -1.54. The summed E-state index contributed by atoms with van der Waals surface area (Å²) in [5.74, 6) is -1.20. The summed E-state index contributed by atoms with van der Waals surface area (Å²) < 4.78 is 47.9. The second kappa shape index (κ2) is 12.4. The third-order valence-corrected chi connectivity index (χ3v) is 5.62. The number of aliphatic hydroxyl groups excluding tert-OH is 1. The summed E-state index contributed by atoms with van der Waals surface area (Å²) in [5.41, 5.74) is 1.87. The molecule has 1 aromatic carbocycles. The van der Waals surface area contributed by atoms with E-state index in [1.54, 1.807) is 9.95 Å². The first-order valence-corrected chi connectivity index (χ1v) is 11.5. The Morgan fingerprint density at radius 3 is 2.64 bits per heavy atom. The molecule has 2 N–H and O–H groups in total. The van der Waals surface area contributed by atoms with Crippen LogP contribution >= 0.6 is 11.3 Å². The minimum Gasteiger partial charge on any atom is -0.406 e. The highest BCUT2D eigenvalue weighted by molar-refractivity contribution is 7.07. The van der Waals surface area contributed by atoms with Crippen LogP contribution in [0.15, 0.2) is 53.1 Å². The van der Waals surface area contributed by atoms with Crippen molar-refractivity contribution in [1.29, 1.82) is 0 Å². The fourth-order valence-corrected chi connectivity index (χ4v) is 4.12. The van der Waals surface area contributed by atoms with E-state index >= 15 is 0 Å². The lowest BCUT2D eigenvalue weighted by atomic mass is 10.1.